The number of carbonyl (C=O) groups excluding carboxylic acids is 1. The second-order valence-corrected chi connectivity index (χ2v) is 6.22. The highest BCUT2D eigenvalue weighted by Crippen LogP contribution is 2.46. The van der Waals surface area contributed by atoms with Crippen LogP contribution in [0.1, 0.15) is 15.9 Å². The number of aromatic hydroxyl groups is 2. The SMILES string of the molecule is COc1c(C(=O)/C(Br)=C/c2cccc(O)c2)c(O)c(OC)c2occc12. The molecule has 0 saturated heterocycles. The van der Waals surface area contributed by atoms with Crippen LogP contribution < -0.4 is 9.47 Å². The zero-order chi connectivity index (χ0) is 18.8. The normalized spacial score (nSPS) is 11.6. The number of rotatable bonds is 5. The van der Waals surface area contributed by atoms with Gasteiger partial charge < -0.3 is 24.1 Å². The molecule has 6 nitrogen and oxygen atoms in total. The number of hydrogen-bond donors (Lipinski definition) is 2. The molecule has 3 rings (SSSR count). The molecule has 0 aliphatic heterocycles. The van der Waals surface area contributed by atoms with Gasteiger partial charge in [0, 0.05) is 0 Å². The van der Waals surface area contributed by atoms with Gasteiger partial charge in [0.05, 0.1) is 30.4 Å². The molecule has 134 valence electrons. The Hall–Kier alpha value is -2.93. The molecule has 0 aliphatic rings. The fourth-order valence-corrected chi connectivity index (χ4v) is 3.15. The fraction of sp³-hybridized carbons (Fsp3) is 0.105. The number of hydrogen-bond acceptors (Lipinski definition) is 6. The first-order valence-corrected chi connectivity index (χ1v) is 8.32. The average molecular weight is 419 g/mol. The third-order valence-corrected chi connectivity index (χ3v) is 4.40. The molecule has 7 heteroatoms. The first-order valence-electron chi connectivity index (χ1n) is 7.53. The van der Waals surface area contributed by atoms with E-state index in [4.69, 9.17) is 13.9 Å². The molecule has 26 heavy (non-hydrogen) atoms. The van der Waals surface area contributed by atoms with Crippen molar-refractivity contribution in [3.8, 4) is 23.0 Å². The van der Waals surface area contributed by atoms with E-state index in [-0.39, 0.29) is 38.6 Å². The van der Waals surface area contributed by atoms with Crippen LogP contribution in [-0.4, -0.2) is 30.2 Å². The summed E-state index contributed by atoms with van der Waals surface area (Å²) in [7, 11) is 2.77. The molecule has 1 aromatic heterocycles. The van der Waals surface area contributed by atoms with Gasteiger partial charge in [-0.3, -0.25) is 4.79 Å². The van der Waals surface area contributed by atoms with E-state index in [1.807, 2.05) is 0 Å². The Morgan fingerprint density at radius 3 is 2.54 bits per heavy atom. The summed E-state index contributed by atoms with van der Waals surface area (Å²) in [4.78, 5) is 13.0. The van der Waals surface area contributed by atoms with Gasteiger partial charge in [-0.25, -0.2) is 0 Å². The maximum atomic E-state index is 13.0. The molecular weight excluding hydrogens is 404 g/mol. The van der Waals surface area contributed by atoms with Crippen LogP contribution in [0.25, 0.3) is 17.0 Å². The number of ketones is 1. The monoisotopic (exact) mass is 418 g/mol. The Labute approximate surface area is 157 Å². The van der Waals surface area contributed by atoms with Crippen molar-refractivity contribution in [1.82, 2.24) is 0 Å². The number of Topliss-reactive ketones (excluding diaryl/α,β-unsaturated/α-hetero) is 1. The number of phenolic OH excluding ortho intramolecular Hbond substituents is 2. The van der Waals surface area contributed by atoms with E-state index in [2.05, 4.69) is 15.9 Å². The van der Waals surface area contributed by atoms with E-state index in [1.54, 1.807) is 18.2 Å². The molecule has 0 saturated carbocycles. The number of benzene rings is 2. The van der Waals surface area contributed by atoms with Gasteiger partial charge in [-0.2, -0.15) is 0 Å². The van der Waals surface area contributed by atoms with Crippen LogP contribution in [0.15, 0.2) is 45.5 Å². The quantitative estimate of drug-likeness (QED) is 0.468. The zero-order valence-electron chi connectivity index (χ0n) is 13.9. The summed E-state index contributed by atoms with van der Waals surface area (Å²) in [5.41, 5.74) is 0.841. The Morgan fingerprint density at radius 2 is 1.88 bits per heavy atom. The topological polar surface area (TPSA) is 89.1 Å². The highest BCUT2D eigenvalue weighted by atomic mass is 79.9. The lowest BCUT2D eigenvalue weighted by Crippen LogP contribution is -2.04. The largest absolute Gasteiger partial charge is 0.508 e. The van der Waals surface area contributed by atoms with E-state index in [0.717, 1.165) is 0 Å². The van der Waals surface area contributed by atoms with Gasteiger partial charge in [-0.15, -0.1) is 0 Å². The number of phenols is 2. The third-order valence-electron chi connectivity index (χ3n) is 3.81. The van der Waals surface area contributed by atoms with Crippen molar-refractivity contribution in [1.29, 1.82) is 0 Å². The molecule has 0 unspecified atom stereocenters. The average Bonchev–Trinajstić information content (AvgIpc) is 3.09. The molecule has 0 atom stereocenters. The van der Waals surface area contributed by atoms with Gasteiger partial charge in [0.15, 0.2) is 11.3 Å². The van der Waals surface area contributed by atoms with Crippen LogP contribution >= 0.6 is 15.9 Å². The third kappa shape index (κ3) is 3.01. The van der Waals surface area contributed by atoms with Gasteiger partial charge in [0.1, 0.15) is 17.1 Å². The van der Waals surface area contributed by atoms with E-state index >= 15 is 0 Å². The number of ether oxygens (including phenoxy) is 2. The van der Waals surface area contributed by atoms with Crippen molar-refractivity contribution in [3.05, 3.63) is 52.2 Å². The maximum absolute atomic E-state index is 13.0. The van der Waals surface area contributed by atoms with E-state index in [9.17, 15) is 15.0 Å². The summed E-state index contributed by atoms with van der Waals surface area (Å²) < 4.78 is 16.1. The van der Waals surface area contributed by atoms with Gasteiger partial charge >= 0.3 is 0 Å². The van der Waals surface area contributed by atoms with E-state index < -0.39 is 5.78 Å². The van der Waals surface area contributed by atoms with Crippen molar-refractivity contribution in [2.75, 3.05) is 14.2 Å². The van der Waals surface area contributed by atoms with Crippen LogP contribution in [0, 0.1) is 0 Å². The second kappa shape index (κ2) is 7.13. The Kier molecular flexibility index (Phi) is 4.90. The van der Waals surface area contributed by atoms with Crippen molar-refractivity contribution in [2.45, 2.75) is 0 Å². The number of furan rings is 1. The van der Waals surface area contributed by atoms with Gasteiger partial charge in [0.2, 0.25) is 11.5 Å². The highest BCUT2D eigenvalue weighted by molar-refractivity contribution is 9.12. The molecule has 1 heterocycles. The second-order valence-electron chi connectivity index (χ2n) is 5.37. The summed E-state index contributed by atoms with van der Waals surface area (Å²) in [6, 6.07) is 8.04. The van der Waals surface area contributed by atoms with Gasteiger partial charge in [-0.05, 0) is 45.8 Å². The zero-order valence-corrected chi connectivity index (χ0v) is 15.5. The summed E-state index contributed by atoms with van der Waals surface area (Å²) in [5, 5.41) is 20.6. The van der Waals surface area contributed by atoms with Crippen molar-refractivity contribution < 1.29 is 28.9 Å². The van der Waals surface area contributed by atoms with Crippen molar-refractivity contribution in [2.24, 2.45) is 0 Å². The maximum Gasteiger partial charge on any atom is 0.207 e. The molecule has 3 aromatic rings. The van der Waals surface area contributed by atoms with Crippen LogP contribution in [-0.2, 0) is 0 Å². The standard InChI is InChI=1S/C19H15BrO6/c1-24-17-12-6-7-26-18(12)19(25-2)16(23)14(17)15(22)13(20)9-10-4-3-5-11(21)8-10/h3-9,21,23H,1-2H3/b13-9-. The van der Waals surface area contributed by atoms with E-state index in [0.29, 0.717) is 10.9 Å². The minimum Gasteiger partial charge on any atom is -0.508 e. The lowest BCUT2D eigenvalue weighted by molar-refractivity contribution is 0.103. The molecule has 0 aliphatic carbocycles. The predicted octanol–water partition coefficient (Wildman–Crippen LogP) is 4.48. The molecule has 2 aromatic carbocycles. The number of carbonyl (C=O) groups is 1. The van der Waals surface area contributed by atoms with E-state index in [1.165, 1.54) is 38.7 Å². The number of methoxy groups -OCH3 is 2. The lowest BCUT2D eigenvalue weighted by atomic mass is 10.0. The molecule has 2 N–H and O–H groups in total. The summed E-state index contributed by atoms with van der Waals surface area (Å²) in [6.45, 7) is 0. The molecule has 0 bridgehead atoms. The minimum absolute atomic E-state index is 0.0480. The van der Waals surface area contributed by atoms with Crippen LogP contribution in [0.2, 0.25) is 0 Å². The highest BCUT2D eigenvalue weighted by Gasteiger charge is 2.28. The Morgan fingerprint density at radius 1 is 1.15 bits per heavy atom. The number of halogens is 1. The van der Waals surface area contributed by atoms with Gasteiger partial charge in [-0.1, -0.05) is 12.1 Å². The molecular formula is C19H15BrO6. The summed E-state index contributed by atoms with van der Waals surface area (Å²) in [6.07, 6.45) is 2.95. The number of fused-ring (bicyclic) bond motifs is 1. The Balaban J connectivity index is 2.17. The summed E-state index contributed by atoms with van der Waals surface area (Å²) in [5.74, 6) is -0.583. The molecule has 0 fully saturated rings. The first kappa shape index (κ1) is 17.9. The minimum atomic E-state index is -0.510. The predicted molar refractivity (Wildman–Crippen MR) is 100 cm³/mol. The summed E-state index contributed by atoms with van der Waals surface area (Å²) >= 11 is 3.24. The van der Waals surface area contributed by atoms with Crippen LogP contribution in [0.4, 0.5) is 0 Å². The smallest absolute Gasteiger partial charge is 0.207 e. The number of allylic oxidation sites excluding steroid dienone is 1. The molecule has 0 radical (unpaired) electrons. The van der Waals surface area contributed by atoms with Crippen LogP contribution in [0.5, 0.6) is 23.0 Å². The Bertz CT molecular complexity index is 1020. The fourth-order valence-electron chi connectivity index (χ4n) is 2.69. The lowest BCUT2D eigenvalue weighted by Gasteiger charge is -2.14. The molecule has 0 amide bonds. The van der Waals surface area contributed by atoms with Crippen molar-refractivity contribution in [3.63, 3.8) is 0 Å². The first-order chi connectivity index (χ1) is 12.5. The van der Waals surface area contributed by atoms with Crippen molar-refractivity contribution >= 4 is 38.8 Å². The molecule has 0 spiro atoms. The van der Waals surface area contributed by atoms with Crippen LogP contribution in [0.3, 0.4) is 0 Å². The van der Waals surface area contributed by atoms with Gasteiger partial charge in [0.25, 0.3) is 0 Å².